The number of thioether (sulfide) groups is 1. The van der Waals surface area contributed by atoms with Crippen molar-refractivity contribution in [1.29, 1.82) is 0 Å². The first kappa shape index (κ1) is 28.3. The molecule has 0 spiro atoms. The maximum absolute atomic E-state index is 14.6. The summed E-state index contributed by atoms with van der Waals surface area (Å²) in [6.07, 6.45) is 3.98. The van der Waals surface area contributed by atoms with Crippen molar-refractivity contribution in [2.45, 2.75) is 64.2 Å². The molecule has 2 saturated heterocycles. The predicted octanol–water partition coefficient (Wildman–Crippen LogP) is 4.10. The van der Waals surface area contributed by atoms with Crippen molar-refractivity contribution < 1.29 is 18.7 Å². The molecule has 3 aromatic rings. The van der Waals surface area contributed by atoms with E-state index in [4.69, 9.17) is 14.5 Å². The number of likely N-dealkylation sites (N-methyl/N-ethyl adjacent to an activating group) is 1. The Balaban J connectivity index is 0.000000293. The van der Waals surface area contributed by atoms with Gasteiger partial charge in [-0.05, 0) is 67.8 Å². The molecule has 0 bridgehead atoms. The van der Waals surface area contributed by atoms with Gasteiger partial charge in [0.2, 0.25) is 4.93 Å². The van der Waals surface area contributed by atoms with Crippen molar-refractivity contribution in [2.75, 3.05) is 39.5 Å². The van der Waals surface area contributed by atoms with Gasteiger partial charge < -0.3 is 24.3 Å². The molecule has 10 heteroatoms. The van der Waals surface area contributed by atoms with Crippen LogP contribution < -0.4 is 10.9 Å². The fraction of sp³-hybridized carbons (Fsp3) is 0.516. The van der Waals surface area contributed by atoms with Gasteiger partial charge in [-0.3, -0.25) is 4.79 Å². The highest BCUT2D eigenvalue weighted by Crippen LogP contribution is 2.59. The average Bonchev–Trinajstić information content (AvgIpc) is 3.65. The molecule has 6 heterocycles. The van der Waals surface area contributed by atoms with E-state index in [-0.39, 0.29) is 18.0 Å². The zero-order valence-electron chi connectivity index (χ0n) is 24.4. The number of esters is 1. The molecular weight excluding hydrogens is 543 g/mol. The summed E-state index contributed by atoms with van der Waals surface area (Å²) in [6.45, 7) is 10.9. The number of aromatic nitrogens is 2. The van der Waals surface area contributed by atoms with Crippen LogP contribution in [0, 0.1) is 12.7 Å². The molecule has 0 amide bonds. The van der Waals surface area contributed by atoms with Crippen molar-refractivity contribution in [2.24, 2.45) is 0 Å². The number of fused-ring (bicyclic) bond motifs is 7. The minimum Gasteiger partial charge on any atom is -0.458 e. The smallest absolute Gasteiger partial charge is 0.352 e. The van der Waals surface area contributed by atoms with Crippen LogP contribution in [0.15, 0.2) is 16.9 Å². The molecule has 2 atom stereocenters. The van der Waals surface area contributed by atoms with Gasteiger partial charge in [-0.1, -0.05) is 13.8 Å². The van der Waals surface area contributed by atoms with Crippen molar-refractivity contribution in [3.8, 4) is 11.4 Å². The number of hydrogen-bond donors (Lipinski definition) is 1. The van der Waals surface area contributed by atoms with E-state index in [1.807, 2.05) is 26.8 Å². The van der Waals surface area contributed by atoms with E-state index < -0.39 is 17.0 Å². The number of rotatable bonds is 1. The third-order valence-electron chi connectivity index (χ3n) is 8.80. The second kappa shape index (κ2) is 10.8. The molecule has 1 N–H and O–H groups in total. The van der Waals surface area contributed by atoms with Crippen LogP contribution >= 0.6 is 11.8 Å². The number of benzene rings is 1. The van der Waals surface area contributed by atoms with E-state index in [2.05, 4.69) is 17.3 Å². The normalized spacial score (nSPS) is 23.5. The van der Waals surface area contributed by atoms with E-state index in [1.54, 1.807) is 10.8 Å². The standard InChI is InChI=1S/C24H19FN2O4S.C5H12N2.C2H6/c1-10-11-4-3-5-12-14-8-27-18(20(14)26-17(19(11)12)7-16(10)25)6-13-15(22(27)28)9-30-23(29)24(32-2)21(13)31-24;1-7-4-2-6-3-5-7;1-2/h6-7,21H,3-5,8-9H2,1-2H3;6H,2-5H2,1H3;1-2H3. The highest BCUT2D eigenvalue weighted by Gasteiger charge is 2.66. The molecule has 218 valence electrons. The van der Waals surface area contributed by atoms with Crippen molar-refractivity contribution in [3.63, 3.8) is 0 Å². The molecule has 5 aliphatic rings. The van der Waals surface area contributed by atoms with Crippen LogP contribution in [0.4, 0.5) is 4.39 Å². The van der Waals surface area contributed by atoms with Crippen LogP contribution in [-0.2, 0) is 40.3 Å². The van der Waals surface area contributed by atoms with E-state index in [1.165, 1.54) is 36.5 Å². The Morgan fingerprint density at radius 2 is 1.83 bits per heavy atom. The first-order valence-corrected chi connectivity index (χ1v) is 15.8. The number of halogens is 1. The van der Waals surface area contributed by atoms with Crippen LogP contribution in [0.2, 0.25) is 0 Å². The van der Waals surface area contributed by atoms with Crippen molar-refractivity contribution >= 4 is 28.6 Å². The Hall–Kier alpha value is -2.79. The second-order valence-corrected chi connectivity index (χ2v) is 12.0. The Kier molecular flexibility index (Phi) is 7.46. The fourth-order valence-electron chi connectivity index (χ4n) is 6.52. The van der Waals surface area contributed by atoms with E-state index in [0.29, 0.717) is 34.4 Å². The number of nitrogens with zero attached hydrogens (tertiary/aromatic N) is 3. The third kappa shape index (κ3) is 4.42. The number of carbonyl (C=O) groups is 1. The number of aryl methyl sites for hydroxylation is 2. The summed E-state index contributed by atoms with van der Waals surface area (Å²) in [5.74, 6) is -0.681. The van der Waals surface area contributed by atoms with Gasteiger partial charge in [-0.2, -0.15) is 0 Å². The van der Waals surface area contributed by atoms with Gasteiger partial charge in [-0.15, -0.1) is 11.8 Å². The molecular formula is C31H37FN4O4S. The fourth-order valence-corrected chi connectivity index (χ4v) is 7.28. The zero-order valence-corrected chi connectivity index (χ0v) is 25.2. The summed E-state index contributed by atoms with van der Waals surface area (Å²) in [5, 5.41) is 4.33. The molecule has 8 nitrogen and oxygen atoms in total. The SMILES string of the molecule is CC.CN1CCNCC1.CSC12OC1c1cc3n(c(=O)c1COC2=O)Cc1c-3nc2cc(F)c(C)c3c2c1CCC3. The number of ether oxygens (including phenoxy) is 2. The molecule has 0 saturated carbocycles. The lowest BCUT2D eigenvalue weighted by atomic mass is 9.85. The van der Waals surface area contributed by atoms with Crippen LogP contribution in [-0.4, -0.2) is 64.8 Å². The molecule has 8 rings (SSSR count). The number of cyclic esters (lactones) is 1. The number of epoxide rings is 1. The van der Waals surface area contributed by atoms with E-state index in [0.717, 1.165) is 54.6 Å². The topological polar surface area (TPSA) is 89.0 Å². The average molecular weight is 581 g/mol. The Bertz CT molecular complexity index is 1620. The summed E-state index contributed by atoms with van der Waals surface area (Å²) in [4.78, 5) is 32.1. The molecule has 41 heavy (non-hydrogen) atoms. The van der Waals surface area contributed by atoms with Crippen LogP contribution in [0.3, 0.4) is 0 Å². The van der Waals surface area contributed by atoms with Crippen LogP contribution in [0.5, 0.6) is 0 Å². The highest BCUT2D eigenvalue weighted by molar-refractivity contribution is 8.00. The lowest BCUT2D eigenvalue weighted by molar-refractivity contribution is -0.147. The van der Waals surface area contributed by atoms with Gasteiger partial charge in [0.25, 0.3) is 5.56 Å². The summed E-state index contributed by atoms with van der Waals surface area (Å²) >= 11 is 1.29. The maximum atomic E-state index is 14.6. The Labute approximate surface area is 243 Å². The van der Waals surface area contributed by atoms with Gasteiger partial charge in [0, 0.05) is 43.2 Å². The third-order valence-corrected chi connectivity index (χ3v) is 9.89. The first-order chi connectivity index (χ1) is 19.8. The van der Waals surface area contributed by atoms with Gasteiger partial charge in [0.15, 0.2) is 0 Å². The van der Waals surface area contributed by atoms with Crippen LogP contribution in [0.1, 0.15) is 59.8 Å². The Morgan fingerprint density at radius 1 is 1.10 bits per heavy atom. The minimum absolute atomic E-state index is 0.0530. The number of hydrogen-bond acceptors (Lipinski definition) is 8. The maximum Gasteiger partial charge on any atom is 0.352 e. The number of pyridine rings is 2. The molecule has 2 unspecified atom stereocenters. The van der Waals surface area contributed by atoms with E-state index >= 15 is 0 Å². The summed E-state index contributed by atoms with van der Waals surface area (Å²) < 4.78 is 27.5. The predicted molar refractivity (Wildman–Crippen MR) is 159 cm³/mol. The van der Waals surface area contributed by atoms with Gasteiger partial charge in [0.1, 0.15) is 18.5 Å². The molecule has 1 aromatic carbocycles. The lowest BCUT2D eigenvalue weighted by Gasteiger charge is -2.21. The molecule has 4 aliphatic heterocycles. The lowest BCUT2D eigenvalue weighted by Crippen LogP contribution is -2.40. The number of piperazine rings is 1. The summed E-state index contributed by atoms with van der Waals surface area (Å²) in [7, 11) is 2.15. The monoisotopic (exact) mass is 580 g/mol. The highest BCUT2D eigenvalue weighted by atomic mass is 32.2. The first-order valence-electron chi connectivity index (χ1n) is 14.5. The number of nitrogens with one attached hydrogen (secondary N) is 1. The van der Waals surface area contributed by atoms with Crippen LogP contribution in [0.25, 0.3) is 22.3 Å². The molecule has 1 aliphatic carbocycles. The molecule has 2 aromatic heterocycles. The van der Waals surface area contributed by atoms with Gasteiger partial charge in [0.05, 0.1) is 29.0 Å². The molecule has 0 radical (unpaired) electrons. The zero-order chi connectivity index (χ0) is 29.1. The second-order valence-electron chi connectivity index (χ2n) is 11.0. The Morgan fingerprint density at radius 3 is 2.51 bits per heavy atom. The quantitative estimate of drug-likeness (QED) is 0.266. The van der Waals surface area contributed by atoms with Crippen molar-refractivity contribution in [3.05, 3.63) is 61.7 Å². The van der Waals surface area contributed by atoms with Gasteiger partial charge >= 0.3 is 5.97 Å². The van der Waals surface area contributed by atoms with E-state index in [9.17, 15) is 14.0 Å². The number of carbonyl (C=O) groups excluding carboxylic acids is 1. The minimum atomic E-state index is -1.07. The summed E-state index contributed by atoms with van der Waals surface area (Å²) in [5.41, 5.74) is 7.03. The largest absolute Gasteiger partial charge is 0.458 e. The van der Waals surface area contributed by atoms with Gasteiger partial charge in [-0.25, -0.2) is 14.2 Å². The molecule has 2 fully saturated rings. The van der Waals surface area contributed by atoms with Crippen molar-refractivity contribution in [1.82, 2.24) is 19.8 Å². The summed E-state index contributed by atoms with van der Waals surface area (Å²) in [6, 6.07) is 3.44.